The van der Waals surface area contributed by atoms with Gasteiger partial charge in [-0.1, -0.05) is 23.4 Å². The number of rotatable bonds is 6. The van der Waals surface area contributed by atoms with Gasteiger partial charge in [-0.15, -0.1) is 0 Å². The van der Waals surface area contributed by atoms with Crippen LogP contribution in [0.3, 0.4) is 0 Å². The van der Waals surface area contributed by atoms with Gasteiger partial charge in [0.2, 0.25) is 0 Å². The molecule has 1 amide bonds. The minimum atomic E-state index is -0.0943. The molecule has 0 fully saturated rings. The number of carbonyl (C=O) groups excluding carboxylic acids is 1. The molecule has 0 spiro atoms. The summed E-state index contributed by atoms with van der Waals surface area (Å²) in [6, 6.07) is 9.35. The molecule has 1 aromatic heterocycles. The second kappa shape index (κ2) is 6.70. The average molecular weight is 259 g/mol. The topological polar surface area (TPSA) is 67.2 Å². The number of nitrogens with one attached hydrogen (secondary N) is 2. The number of aromatic nitrogens is 1. The van der Waals surface area contributed by atoms with Gasteiger partial charge in [-0.25, -0.2) is 0 Å². The molecule has 0 aliphatic rings. The number of benzene rings is 1. The standard InChI is InChI=1S/C14H17N3O2/c1-15-8-6-11-4-2-3-5-13(11)14(18)16-10-12-7-9-17-19-12/h2-5,7,9,15H,6,8,10H2,1H3,(H,16,18). The van der Waals surface area contributed by atoms with Crippen LogP contribution in [0.25, 0.3) is 0 Å². The zero-order valence-corrected chi connectivity index (χ0v) is 10.8. The van der Waals surface area contributed by atoms with Crippen LogP contribution in [0.1, 0.15) is 21.7 Å². The van der Waals surface area contributed by atoms with Gasteiger partial charge in [-0.05, 0) is 31.6 Å². The van der Waals surface area contributed by atoms with Crippen molar-refractivity contribution in [3.8, 4) is 0 Å². The molecule has 100 valence electrons. The van der Waals surface area contributed by atoms with Gasteiger partial charge in [-0.3, -0.25) is 4.79 Å². The van der Waals surface area contributed by atoms with Gasteiger partial charge in [0.05, 0.1) is 12.7 Å². The Hall–Kier alpha value is -2.14. The summed E-state index contributed by atoms with van der Waals surface area (Å²) in [5.41, 5.74) is 1.74. The van der Waals surface area contributed by atoms with E-state index in [1.807, 2.05) is 31.3 Å². The molecule has 1 aromatic carbocycles. The summed E-state index contributed by atoms with van der Waals surface area (Å²) in [7, 11) is 1.90. The highest BCUT2D eigenvalue weighted by Crippen LogP contribution is 2.09. The summed E-state index contributed by atoms with van der Waals surface area (Å²) in [5, 5.41) is 9.50. The molecule has 0 aliphatic heterocycles. The Labute approximate surface area is 112 Å². The fourth-order valence-electron chi connectivity index (χ4n) is 1.82. The summed E-state index contributed by atoms with van der Waals surface area (Å²) >= 11 is 0. The van der Waals surface area contributed by atoms with Crippen molar-refractivity contribution in [2.75, 3.05) is 13.6 Å². The molecular formula is C14H17N3O2. The molecule has 2 N–H and O–H groups in total. The fourth-order valence-corrected chi connectivity index (χ4v) is 1.82. The van der Waals surface area contributed by atoms with E-state index in [1.54, 1.807) is 12.3 Å². The number of hydrogen-bond donors (Lipinski definition) is 2. The molecule has 0 radical (unpaired) electrons. The van der Waals surface area contributed by atoms with E-state index in [0.29, 0.717) is 17.9 Å². The highest BCUT2D eigenvalue weighted by Gasteiger charge is 2.10. The zero-order valence-electron chi connectivity index (χ0n) is 10.8. The van der Waals surface area contributed by atoms with E-state index in [9.17, 15) is 4.79 Å². The summed E-state index contributed by atoms with van der Waals surface area (Å²) in [5.74, 6) is 0.546. The molecule has 5 nitrogen and oxygen atoms in total. The first kappa shape index (κ1) is 13.3. The van der Waals surface area contributed by atoms with Gasteiger partial charge in [0.25, 0.3) is 5.91 Å². The molecule has 19 heavy (non-hydrogen) atoms. The molecule has 0 aliphatic carbocycles. The van der Waals surface area contributed by atoms with Crippen molar-refractivity contribution < 1.29 is 9.32 Å². The van der Waals surface area contributed by atoms with Crippen molar-refractivity contribution in [1.82, 2.24) is 15.8 Å². The molecule has 5 heteroatoms. The molecule has 0 bridgehead atoms. The van der Waals surface area contributed by atoms with Crippen molar-refractivity contribution in [3.05, 3.63) is 53.4 Å². The van der Waals surface area contributed by atoms with E-state index in [4.69, 9.17) is 4.52 Å². The van der Waals surface area contributed by atoms with Crippen LogP contribution in [-0.4, -0.2) is 24.7 Å². The molecule has 1 heterocycles. The lowest BCUT2D eigenvalue weighted by atomic mass is 10.0. The maximum Gasteiger partial charge on any atom is 0.251 e. The minimum absolute atomic E-state index is 0.0943. The quantitative estimate of drug-likeness (QED) is 0.822. The third-order valence-electron chi connectivity index (χ3n) is 2.82. The molecule has 0 saturated heterocycles. The van der Waals surface area contributed by atoms with Crippen molar-refractivity contribution in [2.45, 2.75) is 13.0 Å². The van der Waals surface area contributed by atoms with Crippen LogP contribution in [0.2, 0.25) is 0 Å². The van der Waals surface area contributed by atoms with Crippen molar-refractivity contribution >= 4 is 5.91 Å². The Morgan fingerprint density at radius 3 is 2.89 bits per heavy atom. The van der Waals surface area contributed by atoms with Crippen molar-refractivity contribution in [1.29, 1.82) is 0 Å². The van der Waals surface area contributed by atoms with E-state index < -0.39 is 0 Å². The van der Waals surface area contributed by atoms with Crippen molar-refractivity contribution in [3.63, 3.8) is 0 Å². The lowest BCUT2D eigenvalue weighted by Gasteiger charge is -2.09. The van der Waals surface area contributed by atoms with E-state index in [2.05, 4.69) is 15.8 Å². The van der Waals surface area contributed by atoms with Gasteiger partial charge in [0, 0.05) is 11.6 Å². The molecule has 0 saturated carbocycles. The van der Waals surface area contributed by atoms with Crippen molar-refractivity contribution in [2.24, 2.45) is 0 Å². The lowest BCUT2D eigenvalue weighted by molar-refractivity contribution is 0.0946. The van der Waals surface area contributed by atoms with Crippen LogP contribution in [0.5, 0.6) is 0 Å². The Morgan fingerprint density at radius 1 is 1.32 bits per heavy atom. The smallest absolute Gasteiger partial charge is 0.251 e. The van der Waals surface area contributed by atoms with Gasteiger partial charge < -0.3 is 15.2 Å². The first-order chi connectivity index (χ1) is 9.31. The third kappa shape index (κ3) is 3.66. The van der Waals surface area contributed by atoms with E-state index >= 15 is 0 Å². The SMILES string of the molecule is CNCCc1ccccc1C(=O)NCc1ccno1. The molecule has 2 aromatic rings. The maximum absolute atomic E-state index is 12.1. The molecule has 0 unspecified atom stereocenters. The van der Waals surface area contributed by atoms with Gasteiger partial charge in [0.1, 0.15) is 0 Å². The van der Waals surface area contributed by atoms with Crippen LogP contribution in [-0.2, 0) is 13.0 Å². The lowest BCUT2D eigenvalue weighted by Crippen LogP contribution is -2.24. The Bertz CT molecular complexity index is 523. The molecule has 2 rings (SSSR count). The highest BCUT2D eigenvalue weighted by atomic mass is 16.5. The first-order valence-electron chi connectivity index (χ1n) is 6.21. The maximum atomic E-state index is 12.1. The molecular weight excluding hydrogens is 242 g/mol. The van der Waals surface area contributed by atoms with Gasteiger partial charge in [-0.2, -0.15) is 0 Å². The van der Waals surface area contributed by atoms with Crippen LogP contribution < -0.4 is 10.6 Å². The number of hydrogen-bond acceptors (Lipinski definition) is 4. The second-order valence-electron chi connectivity index (χ2n) is 4.17. The van der Waals surface area contributed by atoms with Crippen LogP contribution in [0.15, 0.2) is 41.1 Å². The second-order valence-corrected chi connectivity index (χ2v) is 4.17. The summed E-state index contributed by atoms with van der Waals surface area (Å²) in [4.78, 5) is 12.1. The highest BCUT2D eigenvalue weighted by molar-refractivity contribution is 5.95. The number of amides is 1. The Morgan fingerprint density at radius 2 is 2.16 bits per heavy atom. The number of carbonyl (C=O) groups is 1. The predicted molar refractivity (Wildman–Crippen MR) is 71.7 cm³/mol. The Balaban J connectivity index is 2.01. The summed E-state index contributed by atoms with van der Waals surface area (Å²) < 4.78 is 4.94. The van der Waals surface area contributed by atoms with E-state index in [0.717, 1.165) is 18.5 Å². The normalized spacial score (nSPS) is 10.4. The van der Waals surface area contributed by atoms with Crippen LogP contribution in [0, 0.1) is 0 Å². The van der Waals surface area contributed by atoms with Gasteiger partial charge in [0.15, 0.2) is 5.76 Å². The van der Waals surface area contributed by atoms with E-state index in [-0.39, 0.29) is 5.91 Å². The zero-order chi connectivity index (χ0) is 13.5. The minimum Gasteiger partial charge on any atom is -0.360 e. The monoisotopic (exact) mass is 259 g/mol. The van der Waals surface area contributed by atoms with Crippen LogP contribution in [0.4, 0.5) is 0 Å². The first-order valence-corrected chi connectivity index (χ1v) is 6.21. The summed E-state index contributed by atoms with van der Waals surface area (Å²) in [6.07, 6.45) is 2.38. The predicted octanol–water partition coefficient (Wildman–Crippen LogP) is 1.37. The third-order valence-corrected chi connectivity index (χ3v) is 2.82. The summed E-state index contributed by atoms with van der Waals surface area (Å²) in [6.45, 7) is 1.19. The largest absolute Gasteiger partial charge is 0.360 e. The Kier molecular flexibility index (Phi) is 4.69. The van der Waals surface area contributed by atoms with Gasteiger partial charge >= 0.3 is 0 Å². The fraction of sp³-hybridized carbons (Fsp3) is 0.286. The van der Waals surface area contributed by atoms with Crippen LogP contribution >= 0.6 is 0 Å². The van der Waals surface area contributed by atoms with E-state index in [1.165, 1.54) is 0 Å². The molecule has 0 atom stereocenters. The average Bonchev–Trinajstić information content (AvgIpc) is 2.96. The number of nitrogens with zero attached hydrogens (tertiary/aromatic N) is 1. The number of likely N-dealkylation sites (N-methyl/N-ethyl adjacent to an activating group) is 1.